The summed E-state index contributed by atoms with van der Waals surface area (Å²) in [6, 6.07) is 8.24. The third kappa shape index (κ3) is 3.21. The van der Waals surface area contributed by atoms with Crippen molar-refractivity contribution < 1.29 is 4.79 Å². The lowest BCUT2D eigenvalue weighted by atomic mass is 10.1. The number of amides is 1. The Bertz CT molecular complexity index is 486. The molecule has 1 N–H and O–H groups in total. The molecule has 1 aliphatic heterocycles. The monoisotopic (exact) mass is 270 g/mol. The van der Waals surface area contributed by atoms with Gasteiger partial charge in [0.15, 0.2) is 0 Å². The molecule has 3 nitrogen and oxygen atoms in total. The molecule has 1 aromatic carbocycles. The van der Waals surface area contributed by atoms with E-state index in [1.807, 2.05) is 12.1 Å². The van der Waals surface area contributed by atoms with Crippen LogP contribution in [0.5, 0.6) is 0 Å². The molecule has 0 aromatic heterocycles. The molecule has 1 saturated heterocycles. The van der Waals surface area contributed by atoms with Crippen LogP contribution in [0.15, 0.2) is 36.4 Å². The zero-order valence-electron chi connectivity index (χ0n) is 11.8. The number of hydrogen-bond donors (Lipinski definition) is 1. The second-order valence-corrected chi connectivity index (χ2v) is 5.76. The lowest BCUT2D eigenvalue weighted by Gasteiger charge is -2.18. The van der Waals surface area contributed by atoms with Crippen LogP contribution in [0.1, 0.15) is 32.1 Å². The highest BCUT2D eigenvalue weighted by atomic mass is 16.1. The Morgan fingerprint density at radius 3 is 2.60 bits per heavy atom. The van der Waals surface area contributed by atoms with Gasteiger partial charge in [-0.25, -0.2) is 0 Å². The molecule has 20 heavy (non-hydrogen) atoms. The van der Waals surface area contributed by atoms with Crippen LogP contribution in [0.25, 0.3) is 0 Å². The van der Waals surface area contributed by atoms with E-state index < -0.39 is 0 Å². The molecule has 1 fully saturated rings. The summed E-state index contributed by atoms with van der Waals surface area (Å²) in [6.45, 7) is 2.31. The second-order valence-electron chi connectivity index (χ2n) is 5.76. The van der Waals surface area contributed by atoms with Crippen LogP contribution < -0.4 is 10.2 Å². The molecule has 0 spiro atoms. The highest BCUT2D eigenvalue weighted by Crippen LogP contribution is 2.23. The normalized spacial score (nSPS) is 21.4. The summed E-state index contributed by atoms with van der Waals surface area (Å²) >= 11 is 0. The molecule has 106 valence electrons. The van der Waals surface area contributed by atoms with Crippen LogP contribution in [-0.2, 0) is 4.79 Å². The minimum atomic E-state index is 0.121. The summed E-state index contributed by atoms with van der Waals surface area (Å²) in [5.74, 6) is 0.550. The third-order valence-electron chi connectivity index (χ3n) is 4.18. The topological polar surface area (TPSA) is 32.3 Å². The van der Waals surface area contributed by atoms with Gasteiger partial charge >= 0.3 is 0 Å². The number of nitrogens with one attached hydrogen (secondary N) is 1. The van der Waals surface area contributed by atoms with E-state index in [0.29, 0.717) is 12.3 Å². The Hall–Kier alpha value is -1.77. The minimum Gasteiger partial charge on any atom is -0.372 e. The van der Waals surface area contributed by atoms with Gasteiger partial charge in [0, 0.05) is 30.9 Å². The Morgan fingerprint density at radius 1 is 1.20 bits per heavy atom. The van der Waals surface area contributed by atoms with Crippen molar-refractivity contribution in [3.05, 3.63) is 36.4 Å². The first-order chi connectivity index (χ1) is 9.81. The van der Waals surface area contributed by atoms with Crippen molar-refractivity contribution in [3.8, 4) is 0 Å². The maximum Gasteiger partial charge on any atom is 0.224 e. The molecule has 3 heteroatoms. The van der Waals surface area contributed by atoms with Gasteiger partial charge in [-0.15, -0.1) is 0 Å². The van der Waals surface area contributed by atoms with Crippen LogP contribution in [0.3, 0.4) is 0 Å². The number of carbonyl (C=O) groups excluding carboxylic acids is 1. The fourth-order valence-corrected chi connectivity index (χ4v) is 3.05. The maximum absolute atomic E-state index is 12.0. The van der Waals surface area contributed by atoms with Crippen LogP contribution in [0, 0.1) is 5.92 Å². The Balaban J connectivity index is 1.54. The first-order valence-electron chi connectivity index (χ1n) is 7.63. The minimum absolute atomic E-state index is 0.121. The van der Waals surface area contributed by atoms with E-state index in [-0.39, 0.29) is 5.91 Å². The summed E-state index contributed by atoms with van der Waals surface area (Å²) in [7, 11) is 0. The average Bonchev–Trinajstić information content (AvgIpc) is 3.12. The van der Waals surface area contributed by atoms with Crippen molar-refractivity contribution >= 4 is 17.3 Å². The summed E-state index contributed by atoms with van der Waals surface area (Å²) in [4.78, 5) is 14.4. The van der Waals surface area contributed by atoms with Crippen LogP contribution in [0.2, 0.25) is 0 Å². The Morgan fingerprint density at radius 2 is 1.95 bits per heavy atom. The molecular formula is C17H22N2O. The van der Waals surface area contributed by atoms with E-state index in [1.54, 1.807) is 0 Å². The van der Waals surface area contributed by atoms with Gasteiger partial charge in [-0.1, -0.05) is 12.2 Å². The number of hydrogen-bond acceptors (Lipinski definition) is 2. The SMILES string of the molecule is O=C(CC1C=CCC1)Nc1ccc(N2CCCC2)cc1. The van der Waals surface area contributed by atoms with Gasteiger partial charge in [0.05, 0.1) is 0 Å². The third-order valence-corrected chi connectivity index (χ3v) is 4.18. The van der Waals surface area contributed by atoms with Crippen molar-refractivity contribution in [2.24, 2.45) is 5.92 Å². The van der Waals surface area contributed by atoms with Gasteiger partial charge in [0.1, 0.15) is 0 Å². The molecule has 0 radical (unpaired) electrons. The van der Waals surface area contributed by atoms with Crippen molar-refractivity contribution in [3.63, 3.8) is 0 Å². The number of nitrogens with zero attached hydrogens (tertiary/aromatic N) is 1. The van der Waals surface area contributed by atoms with Crippen molar-refractivity contribution in [1.82, 2.24) is 0 Å². The second kappa shape index (κ2) is 6.12. The molecule has 1 aromatic rings. The summed E-state index contributed by atoms with van der Waals surface area (Å²) in [5, 5.41) is 3.00. The van der Waals surface area contributed by atoms with Gasteiger partial charge in [0.25, 0.3) is 0 Å². The molecule has 1 atom stereocenters. The number of benzene rings is 1. The van der Waals surface area contributed by atoms with Crippen molar-refractivity contribution in [2.45, 2.75) is 32.1 Å². The van der Waals surface area contributed by atoms with Crippen LogP contribution >= 0.6 is 0 Å². The largest absolute Gasteiger partial charge is 0.372 e. The lowest BCUT2D eigenvalue weighted by molar-refractivity contribution is -0.116. The number of rotatable bonds is 4. The first kappa shape index (κ1) is 13.2. The smallest absolute Gasteiger partial charge is 0.224 e. The zero-order chi connectivity index (χ0) is 13.8. The zero-order valence-corrected chi connectivity index (χ0v) is 11.8. The Labute approximate surface area is 120 Å². The summed E-state index contributed by atoms with van der Waals surface area (Å²) in [5.41, 5.74) is 2.17. The highest BCUT2D eigenvalue weighted by molar-refractivity contribution is 5.91. The van der Waals surface area contributed by atoms with Crippen LogP contribution in [0.4, 0.5) is 11.4 Å². The first-order valence-corrected chi connectivity index (χ1v) is 7.63. The highest BCUT2D eigenvalue weighted by Gasteiger charge is 2.15. The van der Waals surface area contributed by atoms with Gasteiger partial charge in [0.2, 0.25) is 5.91 Å². The summed E-state index contributed by atoms with van der Waals surface area (Å²) < 4.78 is 0. The van der Waals surface area contributed by atoms with Gasteiger partial charge in [-0.3, -0.25) is 4.79 Å². The van der Waals surface area contributed by atoms with E-state index in [2.05, 4.69) is 34.5 Å². The predicted molar refractivity (Wildman–Crippen MR) is 83.0 cm³/mol. The molecule has 1 heterocycles. The van der Waals surface area contributed by atoms with E-state index in [0.717, 1.165) is 31.6 Å². The van der Waals surface area contributed by atoms with Gasteiger partial charge < -0.3 is 10.2 Å². The standard InChI is InChI=1S/C17H22N2O/c20-17(13-14-5-1-2-6-14)18-15-7-9-16(10-8-15)19-11-3-4-12-19/h1,5,7-10,14H,2-4,6,11-13H2,(H,18,20). The average molecular weight is 270 g/mol. The maximum atomic E-state index is 12.0. The number of carbonyl (C=O) groups is 1. The van der Waals surface area contributed by atoms with Crippen molar-refractivity contribution in [2.75, 3.05) is 23.3 Å². The summed E-state index contributed by atoms with van der Waals surface area (Å²) in [6.07, 6.45) is 9.73. The molecular weight excluding hydrogens is 248 g/mol. The van der Waals surface area contributed by atoms with Gasteiger partial charge in [-0.05, 0) is 55.9 Å². The number of anilines is 2. The van der Waals surface area contributed by atoms with Gasteiger partial charge in [-0.2, -0.15) is 0 Å². The quantitative estimate of drug-likeness (QED) is 0.848. The molecule has 1 aliphatic carbocycles. The van der Waals surface area contributed by atoms with E-state index in [4.69, 9.17) is 0 Å². The predicted octanol–water partition coefficient (Wildman–Crippen LogP) is 3.58. The van der Waals surface area contributed by atoms with Crippen molar-refractivity contribution in [1.29, 1.82) is 0 Å². The molecule has 0 saturated carbocycles. The molecule has 0 bridgehead atoms. The molecule has 1 unspecified atom stereocenters. The lowest BCUT2D eigenvalue weighted by Crippen LogP contribution is -2.18. The van der Waals surface area contributed by atoms with E-state index >= 15 is 0 Å². The molecule has 1 amide bonds. The number of allylic oxidation sites excluding steroid dienone is 2. The fourth-order valence-electron chi connectivity index (χ4n) is 3.05. The van der Waals surface area contributed by atoms with E-state index in [1.165, 1.54) is 18.5 Å². The van der Waals surface area contributed by atoms with E-state index in [9.17, 15) is 4.79 Å². The Kier molecular flexibility index (Phi) is 4.05. The van der Waals surface area contributed by atoms with Crippen LogP contribution in [-0.4, -0.2) is 19.0 Å². The molecule has 2 aliphatic rings. The molecule has 3 rings (SSSR count). The fraction of sp³-hybridized carbons (Fsp3) is 0.471.